The van der Waals surface area contributed by atoms with Gasteiger partial charge in [0.05, 0.1) is 5.01 Å². The van der Waals surface area contributed by atoms with E-state index < -0.39 is 0 Å². The van der Waals surface area contributed by atoms with Crippen molar-refractivity contribution in [2.75, 3.05) is 27.2 Å². The number of aryl methyl sites for hydroxylation is 1. The van der Waals surface area contributed by atoms with Crippen molar-refractivity contribution in [1.82, 2.24) is 14.8 Å². The molecule has 0 saturated carbocycles. The van der Waals surface area contributed by atoms with Crippen LogP contribution in [0.4, 0.5) is 0 Å². The van der Waals surface area contributed by atoms with Gasteiger partial charge in [-0.2, -0.15) is 0 Å². The van der Waals surface area contributed by atoms with Crippen molar-refractivity contribution in [1.29, 1.82) is 0 Å². The average molecular weight is 239 g/mol. The summed E-state index contributed by atoms with van der Waals surface area (Å²) in [6.07, 6.45) is 1.06. The number of rotatable bonds is 2. The highest BCUT2D eigenvalue weighted by Gasteiger charge is 2.28. The Labute approximate surface area is 99.9 Å². The smallest absolute Gasteiger partial charge is 0.273 e. The molecule has 0 aliphatic carbocycles. The molecule has 1 aromatic heterocycles. The number of carbonyl (C=O) groups is 1. The first kappa shape index (κ1) is 11.5. The molecule has 1 saturated heterocycles. The summed E-state index contributed by atoms with van der Waals surface area (Å²) in [5.41, 5.74) is 0.599. The molecule has 1 aliphatic heterocycles. The fourth-order valence-corrected chi connectivity index (χ4v) is 2.56. The molecule has 0 N–H and O–H groups in total. The monoisotopic (exact) mass is 239 g/mol. The van der Waals surface area contributed by atoms with Gasteiger partial charge in [0, 0.05) is 24.5 Å². The first-order valence-corrected chi connectivity index (χ1v) is 6.33. The van der Waals surface area contributed by atoms with Crippen LogP contribution in [0.2, 0.25) is 0 Å². The zero-order valence-electron chi connectivity index (χ0n) is 9.93. The molecule has 1 amide bonds. The topological polar surface area (TPSA) is 36.4 Å². The summed E-state index contributed by atoms with van der Waals surface area (Å²) in [6, 6.07) is 0.490. The second kappa shape index (κ2) is 4.51. The summed E-state index contributed by atoms with van der Waals surface area (Å²) >= 11 is 1.53. The second-order valence-electron chi connectivity index (χ2n) is 4.41. The maximum atomic E-state index is 12.1. The number of hydrogen-bond donors (Lipinski definition) is 0. The molecule has 0 radical (unpaired) electrons. The molecule has 2 heterocycles. The van der Waals surface area contributed by atoms with Gasteiger partial charge in [0.1, 0.15) is 5.69 Å². The third kappa shape index (κ3) is 2.25. The maximum Gasteiger partial charge on any atom is 0.273 e. The average Bonchev–Trinajstić information content (AvgIpc) is 2.84. The Hall–Kier alpha value is -0.940. The summed E-state index contributed by atoms with van der Waals surface area (Å²) in [5.74, 6) is 0.0775. The van der Waals surface area contributed by atoms with Crippen molar-refractivity contribution in [3.8, 4) is 0 Å². The largest absolute Gasteiger partial charge is 0.336 e. The minimum Gasteiger partial charge on any atom is -0.336 e. The number of carbonyl (C=O) groups excluding carboxylic acids is 1. The van der Waals surface area contributed by atoms with Crippen LogP contribution in [-0.4, -0.2) is 53.9 Å². The van der Waals surface area contributed by atoms with Crippen LogP contribution in [0, 0.1) is 6.92 Å². The zero-order chi connectivity index (χ0) is 11.7. The Morgan fingerprint density at radius 2 is 2.38 bits per heavy atom. The van der Waals surface area contributed by atoms with Crippen molar-refractivity contribution in [3.63, 3.8) is 0 Å². The van der Waals surface area contributed by atoms with Gasteiger partial charge < -0.3 is 9.80 Å². The minimum atomic E-state index is 0.0775. The molecule has 1 aromatic rings. The fraction of sp³-hybridized carbons (Fsp3) is 0.636. The van der Waals surface area contributed by atoms with Gasteiger partial charge in [0.15, 0.2) is 0 Å². The van der Waals surface area contributed by atoms with Gasteiger partial charge in [0.2, 0.25) is 0 Å². The number of likely N-dealkylation sites (N-methyl/N-ethyl adjacent to an activating group) is 1. The first-order chi connectivity index (χ1) is 7.58. The van der Waals surface area contributed by atoms with Crippen molar-refractivity contribution in [3.05, 3.63) is 16.1 Å². The van der Waals surface area contributed by atoms with E-state index in [1.807, 2.05) is 17.2 Å². The predicted octanol–water partition coefficient (Wildman–Crippen LogP) is 1.23. The molecule has 4 nitrogen and oxygen atoms in total. The highest BCUT2D eigenvalue weighted by molar-refractivity contribution is 7.09. The lowest BCUT2D eigenvalue weighted by atomic mass is 10.2. The molecule has 88 valence electrons. The van der Waals surface area contributed by atoms with Gasteiger partial charge in [0.25, 0.3) is 5.91 Å². The van der Waals surface area contributed by atoms with Crippen LogP contribution in [-0.2, 0) is 0 Å². The Balaban J connectivity index is 2.02. The highest BCUT2D eigenvalue weighted by atomic mass is 32.1. The van der Waals surface area contributed by atoms with Crippen LogP contribution >= 0.6 is 11.3 Å². The summed E-state index contributed by atoms with van der Waals surface area (Å²) in [7, 11) is 4.12. The molecule has 1 atom stereocenters. The van der Waals surface area contributed by atoms with Gasteiger partial charge in [-0.25, -0.2) is 4.98 Å². The van der Waals surface area contributed by atoms with Gasteiger partial charge in [-0.15, -0.1) is 11.3 Å². The molecular formula is C11H17N3OS. The van der Waals surface area contributed by atoms with E-state index in [9.17, 15) is 4.79 Å². The molecule has 1 aliphatic rings. The Bertz CT molecular complexity index is 388. The maximum absolute atomic E-state index is 12.1. The Kier molecular flexibility index (Phi) is 3.25. The summed E-state index contributed by atoms with van der Waals surface area (Å²) in [5, 5.41) is 2.80. The standard InChI is InChI=1S/C11H17N3OS/c1-8-12-10(7-16-8)11(15)14-5-4-9(6-14)13(2)3/h7,9H,4-6H2,1-3H3. The van der Waals surface area contributed by atoms with E-state index in [-0.39, 0.29) is 5.91 Å². The van der Waals surface area contributed by atoms with Crippen LogP contribution < -0.4 is 0 Å². The van der Waals surface area contributed by atoms with Crippen LogP contribution in [0.1, 0.15) is 21.9 Å². The minimum absolute atomic E-state index is 0.0775. The van der Waals surface area contributed by atoms with E-state index in [1.165, 1.54) is 11.3 Å². The van der Waals surface area contributed by atoms with Crippen LogP contribution in [0.3, 0.4) is 0 Å². The quantitative estimate of drug-likeness (QED) is 0.779. The first-order valence-electron chi connectivity index (χ1n) is 5.46. The van der Waals surface area contributed by atoms with E-state index in [2.05, 4.69) is 24.0 Å². The lowest BCUT2D eigenvalue weighted by Gasteiger charge is -2.19. The normalized spacial score (nSPS) is 20.8. The summed E-state index contributed by atoms with van der Waals surface area (Å²) in [6.45, 7) is 3.59. The zero-order valence-corrected chi connectivity index (χ0v) is 10.8. The lowest BCUT2D eigenvalue weighted by molar-refractivity contribution is 0.0778. The molecule has 1 fully saturated rings. The second-order valence-corrected chi connectivity index (χ2v) is 5.47. The number of thiazole rings is 1. The molecule has 16 heavy (non-hydrogen) atoms. The van der Waals surface area contributed by atoms with Crippen molar-refractivity contribution in [2.45, 2.75) is 19.4 Å². The van der Waals surface area contributed by atoms with E-state index >= 15 is 0 Å². The molecule has 1 unspecified atom stereocenters. The summed E-state index contributed by atoms with van der Waals surface area (Å²) in [4.78, 5) is 20.4. The summed E-state index contributed by atoms with van der Waals surface area (Å²) < 4.78 is 0. The molecule has 0 aromatic carbocycles. The highest BCUT2D eigenvalue weighted by Crippen LogP contribution is 2.17. The van der Waals surface area contributed by atoms with E-state index in [1.54, 1.807) is 0 Å². The van der Waals surface area contributed by atoms with Crippen molar-refractivity contribution >= 4 is 17.2 Å². The van der Waals surface area contributed by atoms with Crippen molar-refractivity contribution in [2.24, 2.45) is 0 Å². The third-order valence-electron chi connectivity index (χ3n) is 3.02. The number of amides is 1. The molecule has 0 spiro atoms. The van der Waals surface area contributed by atoms with Crippen LogP contribution in [0.5, 0.6) is 0 Å². The van der Waals surface area contributed by atoms with Gasteiger partial charge in [-0.1, -0.05) is 0 Å². The molecular weight excluding hydrogens is 222 g/mol. The number of likely N-dealkylation sites (tertiary alicyclic amines) is 1. The van der Waals surface area contributed by atoms with Gasteiger partial charge in [-0.05, 0) is 27.4 Å². The van der Waals surface area contributed by atoms with Gasteiger partial charge in [-0.3, -0.25) is 4.79 Å². The lowest BCUT2D eigenvalue weighted by Crippen LogP contribution is -2.34. The number of hydrogen-bond acceptors (Lipinski definition) is 4. The van der Waals surface area contributed by atoms with Crippen LogP contribution in [0.15, 0.2) is 5.38 Å². The third-order valence-corrected chi connectivity index (χ3v) is 3.79. The SMILES string of the molecule is Cc1nc(C(=O)N2CCC(N(C)C)C2)cs1. The number of nitrogens with zero attached hydrogens (tertiary/aromatic N) is 3. The Morgan fingerprint density at radius 1 is 1.62 bits per heavy atom. The van der Waals surface area contributed by atoms with E-state index in [0.29, 0.717) is 11.7 Å². The van der Waals surface area contributed by atoms with Crippen LogP contribution in [0.25, 0.3) is 0 Å². The van der Waals surface area contributed by atoms with E-state index in [4.69, 9.17) is 0 Å². The molecule has 5 heteroatoms. The number of aromatic nitrogens is 1. The van der Waals surface area contributed by atoms with Crippen molar-refractivity contribution < 1.29 is 4.79 Å². The molecule has 0 bridgehead atoms. The fourth-order valence-electron chi connectivity index (χ4n) is 1.97. The van der Waals surface area contributed by atoms with E-state index in [0.717, 1.165) is 24.5 Å². The predicted molar refractivity (Wildman–Crippen MR) is 64.8 cm³/mol. The Morgan fingerprint density at radius 3 is 2.88 bits per heavy atom. The molecule has 2 rings (SSSR count). The van der Waals surface area contributed by atoms with Gasteiger partial charge >= 0.3 is 0 Å².